The number of hydrogen-bond acceptors (Lipinski definition) is 5. The monoisotopic (exact) mass is 395 g/mol. The van der Waals surface area contributed by atoms with Crippen molar-refractivity contribution >= 4 is 11.7 Å². The third-order valence-electron chi connectivity index (χ3n) is 4.52. The molecule has 1 aromatic heterocycles. The van der Waals surface area contributed by atoms with Crippen LogP contribution < -0.4 is 20.6 Å². The van der Waals surface area contributed by atoms with E-state index in [-0.39, 0.29) is 6.61 Å². The number of carbonyl (C=O) groups is 1. The maximum absolute atomic E-state index is 12.0. The van der Waals surface area contributed by atoms with Gasteiger partial charge in [0.2, 0.25) is 0 Å². The van der Waals surface area contributed by atoms with Gasteiger partial charge >= 0.3 is 6.03 Å². The van der Waals surface area contributed by atoms with Crippen LogP contribution in [0.2, 0.25) is 0 Å². The molecule has 29 heavy (non-hydrogen) atoms. The molecule has 2 aromatic carbocycles. The molecule has 0 atom stereocenters. The van der Waals surface area contributed by atoms with E-state index in [2.05, 4.69) is 10.4 Å². The molecule has 0 unspecified atom stereocenters. The summed E-state index contributed by atoms with van der Waals surface area (Å²) in [5, 5.41) is 8.07. The largest absolute Gasteiger partial charge is 0.496 e. The summed E-state index contributed by atoms with van der Waals surface area (Å²) in [6.07, 6.45) is 1.77. The maximum Gasteiger partial charge on any atom is 0.335 e. The Balaban J connectivity index is 1.82. The molecule has 8 nitrogen and oxygen atoms in total. The van der Waals surface area contributed by atoms with E-state index in [0.717, 1.165) is 33.3 Å². The lowest BCUT2D eigenvalue weighted by Gasteiger charge is -2.18. The first-order valence-corrected chi connectivity index (χ1v) is 9.10. The number of nitrogens with one attached hydrogen (secondary N) is 1. The van der Waals surface area contributed by atoms with Crippen LogP contribution in [0, 0.1) is 13.8 Å². The number of nitrogens with two attached hydrogens (primary N) is 1. The molecule has 0 saturated heterocycles. The number of rotatable bonds is 6. The van der Waals surface area contributed by atoms with Gasteiger partial charge < -0.3 is 14.8 Å². The maximum atomic E-state index is 12.0. The van der Waals surface area contributed by atoms with Gasteiger partial charge in [-0.05, 0) is 55.8 Å². The minimum Gasteiger partial charge on any atom is -0.496 e. The molecular weight excluding hydrogens is 370 g/mol. The molecule has 0 spiro atoms. The normalized spacial score (nSPS) is 10.5. The van der Waals surface area contributed by atoms with E-state index < -0.39 is 6.03 Å². The third kappa shape index (κ3) is 4.49. The van der Waals surface area contributed by atoms with E-state index in [1.165, 1.54) is 7.05 Å². The number of hydrazine groups is 1. The number of anilines is 1. The van der Waals surface area contributed by atoms with Gasteiger partial charge in [0.15, 0.2) is 0 Å². The highest BCUT2D eigenvalue weighted by Crippen LogP contribution is 2.29. The Bertz CT molecular complexity index is 1010. The van der Waals surface area contributed by atoms with E-state index in [1.807, 2.05) is 48.9 Å². The highest BCUT2D eigenvalue weighted by atomic mass is 16.5. The summed E-state index contributed by atoms with van der Waals surface area (Å²) < 4.78 is 13.4. The highest BCUT2D eigenvalue weighted by molar-refractivity contribution is 5.90. The fourth-order valence-corrected chi connectivity index (χ4v) is 2.94. The Kier molecular flexibility index (Phi) is 6.04. The Labute approximate surface area is 169 Å². The Morgan fingerprint density at radius 1 is 1.21 bits per heavy atom. The van der Waals surface area contributed by atoms with Gasteiger partial charge in [-0.1, -0.05) is 6.07 Å². The number of nitrogens with zero attached hydrogens (tertiary/aromatic N) is 3. The van der Waals surface area contributed by atoms with Crippen molar-refractivity contribution in [3.63, 3.8) is 0 Å². The first kappa shape index (κ1) is 20.2. The van der Waals surface area contributed by atoms with Gasteiger partial charge in [-0.15, -0.1) is 0 Å². The van der Waals surface area contributed by atoms with Crippen molar-refractivity contribution < 1.29 is 14.3 Å². The second kappa shape index (κ2) is 8.66. The molecular formula is C21H25N5O3. The molecule has 3 N–H and O–H groups in total. The zero-order chi connectivity index (χ0) is 21.0. The van der Waals surface area contributed by atoms with Gasteiger partial charge in [0.25, 0.3) is 0 Å². The van der Waals surface area contributed by atoms with Gasteiger partial charge in [0.05, 0.1) is 24.0 Å². The van der Waals surface area contributed by atoms with Crippen molar-refractivity contribution in [1.29, 1.82) is 0 Å². The third-order valence-corrected chi connectivity index (χ3v) is 4.52. The zero-order valence-electron chi connectivity index (χ0n) is 17.0. The number of hydrogen-bond donors (Lipinski definition) is 2. The van der Waals surface area contributed by atoms with Crippen molar-refractivity contribution in [2.24, 2.45) is 5.84 Å². The molecule has 0 fully saturated rings. The number of aromatic nitrogens is 2. The van der Waals surface area contributed by atoms with E-state index in [4.69, 9.17) is 15.3 Å². The fourth-order valence-electron chi connectivity index (χ4n) is 2.94. The van der Waals surface area contributed by atoms with Crippen molar-refractivity contribution in [2.45, 2.75) is 20.5 Å². The van der Waals surface area contributed by atoms with Crippen molar-refractivity contribution in [3.8, 4) is 17.2 Å². The van der Waals surface area contributed by atoms with Crippen molar-refractivity contribution in [1.82, 2.24) is 14.8 Å². The Hall–Kier alpha value is -3.52. The lowest BCUT2D eigenvalue weighted by Crippen LogP contribution is -2.37. The van der Waals surface area contributed by atoms with Crippen LogP contribution in [0.3, 0.4) is 0 Å². The van der Waals surface area contributed by atoms with E-state index >= 15 is 0 Å². The lowest BCUT2D eigenvalue weighted by molar-refractivity contribution is 0.223. The quantitative estimate of drug-likeness (QED) is 0.379. The molecule has 3 rings (SSSR count). The summed E-state index contributed by atoms with van der Waals surface area (Å²) in [4.78, 5) is 12.0. The van der Waals surface area contributed by atoms with Crippen LogP contribution in [0.1, 0.15) is 16.8 Å². The lowest BCUT2D eigenvalue weighted by atomic mass is 10.1. The van der Waals surface area contributed by atoms with Crippen LogP contribution >= 0.6 is 0 Å². The molecule has 0 aliphatic carbocycles. The second-order valence-corrected chi connectivity index (χ2v) is 6.65. The first-order chi connectivity index (χ1) is 13.9. The van der Waals surface area contributed by atoms with E-state index in [1.54, 1.807) is 25.4 Å². The number of urea groups is 1. The number of methoxy groups -OCH3 is 1. The average molecular weight is 395 g/mol. The SMILES string of the molecule is COc1cccc(NC(=O)N(C)N)c1COc1ccc(-n2nccc2C)cc1C. The zero-order valence-corrected chi connectivity index (χ0v) is 17.0. The van der Waals surface area contributed by atoms with E-state index in [9.17, 15) is 4.79 Å². The average Bonchev–Trinajstić information content (AvgIpc) is 3.13. The molecule has 8 heteroatoms. The van der Waals surface area contributed by atoms with Gasteiger partial charge in [0, 0.05) is 18.9 Å². The van der Waals surface area contributed by atoms with Gasteiger partial charge in [-0.25, -0.2) is 15.3 Å². The van der Waals surface area contributed by atoms with Crippen LogP contribution in [0.25, 0.3) is 5.69 Å². The minimum atomic E-state index is -0.436. The van der Waals surface area contributed by atoms with Crippen LogP contribution in [0.15, 0.2) is 48.7 Å². The molecule has 1 heterocycles. The van der Waals surface area contributed by atoms with Crippen molar-refractivity contribution in [2.75, 3.05) is 19.5 Å². The first-order valence-electron chi connectivity index (χ1n) is 9.10. The molecule has 152 valence electrons. The summed E-state index contributed by atoms with van der Waals surface area (Å²) in [5.41, 5.74) is 4.29. The van der Waals surface area contributed by atoms with E-state index in [0.29, 0.717) is 11.4 Å². The second-order valence-electron chi connectivity index (χ2n) is 6.65. The number of ether oxygens (including phenoxy) is 2. The van der Waals surface area contributed by atoms with Gasteiger partial charge in [-0.2, -0.15) is 5.10 Å². The predicted molar refractivity (Wildman–Crippen MR) is 111 cm³/mol. The predicted octanol–water partition coefficient (Wildman–Crippen LogP) is 3.41. The summed E-state index contributed by atoms with van der Waals surface area (Å²) in [7, 11) is 3.05. The smallest absolute Gasteiger partial charge is 0.335 e. The Morgan fingerprint density at radius 3 is 2.62 bits per heavy atom. The minimum absolute atomic E-state index is 0.217. The molecule has 0 aliphatic heterocycles. The summed E-state index contributed by atoms with van der Waals surface area (Å²) in [6.45, 7) is 4.20. The van der Waals surface area contributed by atoms with Crippen LogP contribution in [0.4, 0.5) is 10.5 Å². The van der Waals surface area contributed by atoms with Crippen molar-refractivity contribution in [3.05, 3.63) is 65.5 Å². The number of carbonyl (C=O) groups excluding carboxylic acids is 1. The summed E-state index contributed by atoms with van der Waals surface area (Å²) in [5.74, 6) is 6.85. The molecule has 0 saturated carbocycles. The molecule has 0 radical (unpaired) electrons. The number of amides is 2. The topological polar surface area (TPSA) is 94.6 Å². The van der Waals surface area contributed by atoms with Crippen LogP contribution in [-0.2, 0) is 6.61 Å². The summed E-state index contributed by atoms with van der Waals surface area (Å²) in [6, 6.07) is 12.8. The molecule has 3 aromatic rings. The molecule has 0 bridgehead atoms. The highest BCUT2D eigenvalue weighted by Gasteiger charge is 2.14. The van der Waals surface area contributed by atoms with Crippen LogP contribution in [0.5, 0.6) is 11.5 Å². The summed E-state index contributed by atoms with van der Waals surface area (Å²) >= 11 is 0. The Morgan fingerprint density at radius 2 is 2.00 bits per heavy atom. The van der Waals surface area contributed by atoms with Gasteiger partial charge in [-0.3, -0.25) is 5.01 Å². The number of aryl methyl sites for hydroxylation is 2. The molecule has 0 aliphatic rings. The molecule has 2 amide bonds. The number of benzene rings is 2. The standard InChI is InChI=1S/C21H25N5O3/c1-14-12-16(26-15(2)10-11-23-26)8-9-19(14)29-13-17-18(24-21(27)25(3)22)6-5-7-20(17)28-4/h5-12H,13,22H2,1-4H3,(H,24,27). The fraction of sp³-hybridized carbons (Fsp3) is 0.238. The van der Waals surface area contributed by atoms with Gasteiger partial charge in [0.1, 0.15) is 18.1 Å². The van der Waals surface area contributed by atoms with Crippen LogP contribution in [-0.4, -0.2) is 35.0 Å².